The van der Waals surface area contributed by atoms with Crippen molar-refractivity contribution in [3.63, 3.8) is 0 Å². The van der Waals surface area contributed by atoms with Gasteiger partial charge in [0.2, 0.25) is 0 Å². The summed E-state index contributed by atoms with van der Waals surface area (Å²) >= 11 is 6.11. The summed E-state index contributed by atoms with van der Waals surface area (Å²) in [5.41, 5.74) is 2.66. The van der Waals surface area contributed by atoms with Crippen LogP contribution >= 0.6 is 11.6 Å². The molecule has 1 aromatic carbocycles. The van der Waals surface area contributed by atoms with Gasteiger partial charge in [-0.2, -0.15) is 5.10 Å². The highest BCUT2D eigenvalue weighted by Crippen LogP contribution is 2.18. The second kappa shape index (κ2) is 6.09. The van der Waals surface area contributed by atoms with E-state index in [4.69, 9.17) is 11.6 Å². The fourth-order valence-corrected chi connectivity index (χ4v) is 2.14. The van der Waals surface area contributed by atoms with Gasteiger partial charge in [0.25, 0.3) is 5.56 Å². The zero-order valence-electron chi connectivity index (χ0n) is 11.9. The van der Waals surface area contributed by atoms with E-state index < -0.39 is 0 Å². The fraction of sp³-hybridized carbons (Fsp3) is 0.333. The van der Waals surface area contributed by atoms with Crippen LogP contribution < -0.4 is 10.9 Å². The van der Waals surface area contributed by atoms with Crippen molar-refractivity contribution in [2.24, 2.45) is 0 Å². The number of rotatable bonds is 4. The third-order valence-electron chi connectivity index (χ3n) is 3.16. The van der Waals surface area contributed by atoms with Crippen LogP contribution in [0.25, 0.3) is 0 Å². The molecule has 0 saturated carbocycles. The van der Waals surface area contributed by atoms with E-state index in [1.807, 2.05) is 45.0 Å². The molecule has 0 radical (unpaired) electrons. The van der Waals surface area contributed by atoms with E-state index in [9.17, 15) is 4.79 Å². The maximum atomic E-state index is 12.0. The first kappa shape index (κ1) is 14.6. The van der Waals surface area contributed by atoms with Crippen molar-refractivity contribution in [1.82, 2.24) is 9.78 Å². The molecule has 0 unspecified atom stereocenters. The third kappa shape index (κ3) is 3.02. The smallest absolute Gasteiger partial charge is 0.287 e. The number of anilines is 1. The molecule has 0 aliphatic carbocycles. The van der Waals surface area contributed by atoms with Crippen molar-refractivity contribution < 1.29 is 0 Å². The number of nitrogens with one attached hydrogen (secondary N) is 1. The average Bonchev–Trinajstić information content (AvgIpc) is 2.41. The van der Waals surface area contributed by atoms with Crippen LogP contribution in [0.2, 0.25) is 5.02 Å². The van der Waals surface area contributed by atoms with Gasteiger partial charge < -0.3 is 5.32 Å². The Bertz CT molecular complexity index is 664. The normalized spacial score (nSPS) is 10.8. The van der Waals surface area contributed by atoms with E-state index >= 15 is 0 Å². The monoisotopic (exact) mass is 291 g/mol. The minimum Gasteiger partial charge on any atom is -0.378 e. The van der Waals surface area contributed by atoms with Gasteiger partial charge in [-0.05, 0) is 31.9 Å². The van der Waals surface area contributed by atoms with E-state index in [0.29, 0.717) is 12.2 Å². The molecule has 0 aliphatic rings. The Morgan fingerprint density at radius 1 is 1.35 bits per heavy atom. The van der Waals surface area contributed by atoms with E-state index in [1.165, 1.54) is 10.2 Å². The van der Waals surface area contributed by atoms with Crippen LogP contribution in [-0.4, -0.2) is 9.78 Å². The quantitative estimate of drug-likeness (QED) is 0.939. The third-order valence-corrected chi connectivity index (χ3v) is 3.53. The first-order chi connectivity index (χ1) is 9.50. The number of nitrogens with zero attached hydrogens (tertiary/aromatic N) is 2. The van der Waals surface area contributed by atoms with Gasteiger partial charge in [0.1, 0.15) is 5.02 Å². The molecule has 0 aliphatic heterocycles. The number of aromatic nitrogens is 2. The summed E-state index contributed by atoms with van der Waals surface area (Å²) in [6, 6.07) is 8.06. The highest BCUT2D eigenvalue weighted by molar-refractivity contribution is 6.32. The largest absolute Gasteiger partial charge is 0.378 e. The molecule has 0 fully saturated rings. The molecule has 0 bridgehead atoms. The molecule has 106 valence electrons. The molecule has 2 rings (SSSR count). The molecule has 1 heterocycles. The molecule has 1 aromatic heterocycles. The summed E-state index contributed by atoms with van der Waals surface area (Å²) in [4.78, 5) is 12.0. The van der Waals surface area contributed by atoms with Crippen LogP contribution in [0.1, 0.15) is 31.0 Å². The van der Waals surface area contributed by atoms with E-state index in [0.717, 1.165) is 5.56 Å². The predicted octanol–water partition coefficient (Wildman–Crippen LogP) is 3.40. The van der Waals surface area contributed by atoms with Crippen LogP contribution in [0.15, 0.2) is 35.3 Å². The van der Waals surface area contributed by atoms with Crippen molar-refractivity contribution in [2.45, 2.75) is 33.4 Å². The lowest BCUT2D eigenvalue weighted by Crippen LogP contribution is -2.25. The summed E-state index contributed by atoms with van der Waals surface area (Å²) in [6.45, 7) is 6.45. The lowest BCUT2D eigenvalue weighted by Gasteiger charge is -2.13. The summed E-state index contributed by atoms with van der Waals surface area (Å²) in [6.07, 6.45) is 1.60. The van der Waals surface area contributed by atoms with Crippen molar-refractivity contribution >= 4 is 17.3 Å². The Kier molecular flexibility index (Phi) is 4.45. The fourth-order valence-electron chi connectivity index (χ4n) is 1.93. The molecule has 0 amide bonds. The minimum atomic E-state index is -0.267. The second-order valence-electron chi connectivity index (χ2n) is 5.00. The Morgan fingerprint density at radius 2 is 2.05 bits per heavy atom. The molecular formula is C15H18ClN3O. The van der Waals surface area contributed by atoms with Gasteiger partial charge in [0.05, 0.1) is 17.9 Å². The van der Waals surface area contributed by atoms with Crippen molar-refractivity contribution in [1.29, 1.82) is 0 Å². The van der Waals surface area contributed by atoms with Gasteiger partial charge in [-0.3, -0.25) is 4.79 Å². The van der Waals surface area contributed by atoms with E-state index in [1.54, 1.807) is 6.20 Å². The highest BCUT2D eigenvalue weighted by atomic mass is 35.5. The van der Waals surface area contributed by atoms with Crippen LogP contribution in [0.3, 0.4) is 0 Å². The number of halogens is 1. The maximum absolute atomic E-state index is 12.0. The second-order valence-corrected chi connectivity index (χ2v) is 5.37. The van der Waals surface area contributed by atoms with Gasteiger partial charge >= 0.3 is 0 Å². The molecule has 2 aromatic rings. The first-order valence-corrected chi connectivity index (χ1v) is 6.94. The molecule has 4 nitrogen and oxygen atoms in total. The number of hydrogen-bond acceptors (Lipinski definition) is 3. The SMILES string of the molecule is Cc1ccccc1CNc1cnn(C(C)C)c(=O)c1Cl. The first-order valence-electron chi connectivity index (χ1n) is 6.56. The molecule has 0 atom stereocenters. The zero-order valence-corrected chi connectivity index (χ0v) is 12.6. The highest BCUT2D eigenvalue weighted by Gasteiger charge is 2.11. The summed E-state index contributed by atoms with van der Waals surface area (Å²) in [5.74, 6) is 0. The van der Waals surface area contributed by atoms with Crippen LogP contribution in [0, 0.1) is 6.92 Å². The van der Waals surface area contributed by atoms with Crippen LogP contribution in [0.5, 0.6) is 0 Å². The maximum Gasteiger partial charge on any atom is 0.287 e. The van der Waals surface area contributed by atoms with Gasteiger partial charge in [0.15, 0.2) is 0 Å². The topological polar surface area (TPSA) is 46.9 Å². The van der Waals surface area contributed by atoms with Crippen molar-refractivity contribution in [3.8, 4) is 0 Å². The average molecular weight is 292 g/mol. The summed E-state index contributed by atoms with van der Waals surface area (Å²) in [5, 5.41) is 7.48. The van der Waals surface area contributed by atoms with Crippen LogP contribution in [-0.2, 0) is 6.54 Å². The van der Waals surface area contributed by atoms with Gasteiger partial charge in [-0.1, -0.05) is 35.9 Å². The van der Waals surface area contributed by atoms with Crippen LogP contribution in [0.4, 0.5) is 5.69 Å². The van der Waals surface area contributed by atoms with Crippen molar-refractivity contribution in [3.05, 3.63) is 57.0 Å². The predicted molar refractivity (Wildman–Crippen MR) is 82.4 cm³/mol. The minimum absolute atomic E-state index is 0.00887. The summed E-state index contributed by atoms with van der Waals surface area (Å²) in [7, 11) is 0. The molecular weight excluding hydrogens is 274 g/mol. The van der Waals surface area contributed by atoms with Gasteiger partial charge in [0, 0.05) is 6.54 Å². The lowest BCUT2D eigenvalue weighted by molar-refractivity contribution is 0.503. The van der Waals surface area contributed by atoms with E-state index in [-0.39, 0.29) is 16.6 Å². The molecule has 0 saturated heterocycles. The molecule has 0 spiro atoms. The molecule has 1 N–H and O–H groups in total. The Hall–Kier alpha value is -1.81. The standard InChI is InChI=1S/C15H18ClN3O/c1-10(2)19-15(20)14(16)13(9-18-19)17-8-12-7-5-4-6-11(12)3/h4-7,9-10,17H,8H2,1-3H3. The number of aryl methyl sites for hydroxylation is 1. The lowest BCUT2D eigenvalue weighted by atomic mass is 10.1. The number of hydrogen-bond donors (Lipinski definition) is 1. The number of benzene rings is 1. The van der Waals surface area contributed by atoms with Crippen molar-refractivity contribution in [2.75, 3.05) is 5.32 Å². The van der Waals surface area contributed by atoms with Gasteiger partial charge in [-0.25, -0.2) is 4.68 Å². The molecule has 5 heteroatoms. The Balaban J connectivity index is 2.21. The van der Waals surface area contributed by atoms with Gasteiger partial charge in [-0.15, -0.1) is 0 Å². The Labute approximate surface area is 123 Å². The van der Waals surface area contributed by atoms with E-state index in [2.05, 4.69) is 10.4 Å². The summed E-state index contributed by atoms with van der Waals surface area (Å²) < 4.78 is 1.38. The zero-order chi connectivity index (χ0) is 14.7. The molecule has 20 heavy (non-hydrogen) atoms. The Morgan fingerprint density at radius 3 is 2.70 bits per heavy atom.